The van der Waals surface area contributed by atoms with Crippen molar-refractivity contribution < 1.29 is 27.8 Å². The second-order valence-corrected chi connectivity index (χ2v) is 7.16. The smallest absolute Gasteiger partial charge is 0.395 e. The number of hydrogen-bond donors (Lipinski definition) is 1. The fourth-order valence-electron chi connectivity index (χ4n) is 3.47. The van der Waals surface area contributed by atoms with Crippen LogP contribution in [0.5, 0.6) is 11.5 Å². The Morgan fingerprint density at radius 1 is 1.03 bits per heavy atom. The van der Waals surface area contributed by atoms with Crippen molar-refractivity contribution in [3.63, 3.8) is 0 Å². The zero-order chi connectivity index (χ0) is 21.1. The Balaban J connectivity index is 1.29. The van der Waals surface area contributed by atoms with E-state index in [9.17, 15) is 18.4 Å². The summed E-state index contributed by atoms with van der Waals surface area (Å²) in [5.41, 5.74) is 1.30. The van der Waals surface area contributed by atoms with Gasteiger partial charge in [0.05, 0.1) is 0 Å². The number of nitrogens with one attached hydrogen (secondary N) is 1. The normalized spacial score (nSPS) is 17.9. The lowest BCUT2D eigenvalue weighted by molar-refractivity contribution is -0.286. The molecule has 0 radical (unpaired) electrons. The van der Waals surface area contributed by atoms with E-state index >= 15 is 0 Å². The van der Waals surface area contributed by atoms with Crippen molar-refractivity contribution in [3.8, 4) is 11.5 Å². The Labute approximate surface area is 172 Å². The maximum atomic E-state index is 13.1. The van der Waals surface area contributed by atoms with Crippen LogP contribution in [0.4, 0.5) is 14.5 Å². The number of nitrogens with zero attached hydrogens (tertiary/aromatic N) is 1. The number of ether oxygens (including phenoxy) is 2. The Kier molecular flexibility index (Phi) is 5.39. The van der Waals surface area contributed by atoms with Crippen molar-refractivity contribution in [1.82, 2.24) is 4.90 Å². The number of rotatable bonds is 4. The topological polar surface area (TPSA) is 67.9 Å². The summed E-state index contributed by atoms with van der Waals surface area (Å²) >= 11 is 0. The number of benzene rings is 2. The molecule has 4 rings (SSSR count). The SMILES string of the molecule is O=C(Nc1ccc2c(c1)OC(F)(F)O2)C1CCN(C(=O)C=Cc2ccccc2)CC1. The van der Waals surface area contributed by atoms with Gasteiger partial charge in [0, 0.05) is 36.8 Å². The second kappa shape index (κ2) is 8.14. The molecule has 2 heterocycles. The molecule has 2 aromatic carbocycles. The van der Waals surface area contributed by atoms with Crippen LogP contribution in [0.2, 0.25) is 0 Å². The lowest BCUT2D eigenvalue weighted by Gasteiger charge is -2.30. The molecule has 0 saturated carbocycles. The van der Waals surface area contributed by atoms with E-state index in [1.54, 1.807) is 11.0 Å². The number of likely N-dealkylation sites (tertiary alicyclic amines) is 1. The third-order valence-corrected chi connectivity index (χ3v) is 5.06. The largest absolute Gasteiger partial charge is 0.586 e. The maximum absolute atomic E-state index is 13.1. The highest BCUT2D eigenvalue weighted by Gasteiger charge is 2.43. The van der Waals surface area contributed by atoms with Gasteiger partial charge < -0.3 is 19.7 Å². The van der Waals surface area contributed by atoms with Crippen LogP contribution in [0.15, 0.2) is 54.6 Å². The van der Waals surface area contributed by atoms with E-state index in [0.29, 0.717) is 31.6 Å². The number of carbonyl (C=O) groups is 2. The molecule has 2 aliphatic heterocycles. The first-order chi connectivity index (χ1) is 14.4. The number of carbonyl (C=O) groups excluding carboxylic acids is 2. The van der Waals surface area contributed by atoms with Gasteiger partial charge in [0.2, 0.25) is 11.8 Å². The molecule has 1 fully saturated rings. The first kappa shape index (κ1) is 19.9. The summed E-state index contributed by atoms with van der Waals surface area (Å²) in [5, 5.41) is 2.72. The summed E-state index contributed by atoms with van der Waals surface area (Å²) in [6, 6.07) is 13.7. The van der Waals surface area contributed by atoms with E-state index in [1.165, 1.54) is 24.3 Å². The van der Waals surface area contributed by atoms with Crippen molar-refractivity contribution in [3.05, 3.63) is 60.2 Å². The minimum atomic E-state index is -3.70. The molecular weight excluding hydrogens is 394 g/mol. The van der Waals surface area contributed by atoms with E-state index in [1.807, 2.05) is 30.3 Å². The number of halogens is 2. The molecule has 30 heavy (non-hydrogen) atoms. The Morgan fingerprint density at radius 3 is 2.47 bits per heavy atom. The minimum absolute atomic E-state index is 0.0756. The third kappa shape index (κ3) is 4.59. The predicted molar refractivity (Wildman–Crippen MR) is 106 cm³/mol. The zero-order valence-electron chi connectivity index (χ0n) is 16.0. The van der Waals surface area contributed by atoms with Gasteiger partial charge in [-0.25, -0.2) is 0 Å². The van der Waals surface area contributed by atoms with Gasteiger partial charge in [-0.05, 0) is 36.6 Å². The molecule has 0 aliphatic carbocycles. The van der Waals surface area contributed by atoms with Crippen molar-refractivity contribution in [2.75, 3.05) is 18.4 Å². The first-order valence-electron chi connectivity index (χ1n) is 9.62. The molecule has 0 bridgehead atoms. The summed E-state index contributed by atoms with van der Waals surface area (Å²) in [4.78, 5) is 26.6. The van der Waals surface area contributed by atoms with Crippen molar-refractivity contribution in [2.45, 2.75) is 19.1 Å². The standard InChI is InChI=1S/C22H20F2N2O4/c23-22(24)29-18-8-7-17(14-19(18)30-22)25-21(28)16-10-12-26(13-11-16)20(27)9-6-15-4-2-1-3-5-15/h1-9,14,16H,10-13H2,(H,25,28). The quantitative estimate of drug-likeness (QED) is 0.771. The lowest BCUT2D eigenvalue weighted by Crippen LogP contribution is -2.40. The highest BCUT2D eigenvalue weighted by atomic mass is 19.3. The number of alkyl halides is 2. The van der Waals surface area contributed by atoms with Gasteiger partial charge in [0.15, 0.2) is 11.5 Å². The molecule has 2 aliphatic rings. The van der Waals surface area contributed by atoms with E-state index in [4.69, 9.17) is 0 Å². The van der Waals surface area contributed by atoms with Gasteiger partial charge in [0.1, 0.15) is 0 Å². The van der Waals surface area contributed by atoms with Gasteiger partial charge in [0.25, 0.3) is 0 Å². The Hall–Kier alpha value is -3.42. The van der Waals surface area contributed by atoms with E-state index < -0.39 is 6.29 Å². The van der Waals surface area contributed by atoms with Crippen LogP contribution < -0.4 is 14.8 Å². The molecule has 0 spiro atoms. The van der Waals surface area contributed by atoms with Crippen LogP contribution in [0.3, 0.4) is 0 Å². The molecular formula is C22H20F2N2O4. The number of piperidine rings is 1. The third-order valence-electron chi connectivity index (χ3n) is 5.06. The van der Waals surface area contributed by atoms with E-state index in [2.05, 4.69) is 14.8 Å². The number of anilines is 1. The fourth-order valence-corrected chi connectivity index (χ4v) is 3.47. The zero-order valence-corrected chi connectivity index (χ0v) is 16.0. The summed E-state index contributed by atoms with van der Waals surface area (Å²) in [7, 11) is 0. The molecule has 156 valence electrons. The summed E-state index contributed by atoms with van der Waals surface area (Å²) in [6.45, 7) is 0.951. The van der Waals surface area contributed by atoms with Crippen molar-refractivity contribution >= 4 is 23.6 Å². The highest BCUT2D eigenvalue weighted by Crippen LogP contribution is 2.42. The molecule has 8 heteroatoms. The average molecular weight is 414 g/mol. The fraction of sp³-hybridized carbons (Fsp3) is 0.273. The molecule has 2 aromatic rings. The molecule has 6 nitrogen and oxygen atoms in total. The lowest BCUT2D eigenvalue weighted by atomic mass is 9.95. The van der Waals surface area contributed by atoms with Gasteiger partial charge in [-0.3, -0.25) is 9.59 Å². The van der Waals surface area contributed by atoms with Crippen LogP contribution in [-0.4, -0.2) is 36.1 Å². The summed E-state index contributed by atoms with van der Waals surface area (Å²) < 4.78 is 35.0. The van der Waals surface area contributed by atoms with Crippen molar-refractivity contribution in [1.29, 1.82) is 0 Å². The summed E-state index contributed by atoms with van der Waals surface area (Å²) in [5.74, 6) is -0.766. The average Bonchev–Trinajstić information content (AvgIpc) is 3.06. The molecule has 0 unspecified atom stereocenters. The van der Waals surface area contributed by atoms with Gasteiger partial charge >= 0.3 is 6.29 Å². The number of fused-ring (bicyclic) bond motifs is 1. The molecule has 1 saturated heterocycles. The maximum Gasteiger partial charge on any atom is 0.586 e. The van der Waals surface area contributed by atoms with Crippen LogP contribution in [0.25, 0.3) is 6.08 Å². The van der Waals surface area contributed by atoms with E-state index in [0.717, 1.165) is 5.56 Å². The number of amides is 2. The van der Waals surface area contributed by atoms with Crippen LogP contribution >= 0.6 is 0 Å². The predicted octanol–water partition coefficient (Wildman–Crippen LogP) is 3.90. The molecule has 1 N–H and O–H groups in total. The summed E-state index contributed by atoms with van der Waals surface area (Å²) in [6.07, 6.45) is 0.667. The number of hydrogen-bond acceptors (Lipinski definition) is 4. The van der Waals surface area contributed by atoms with Crippen molar-refractivity contribution in [2.24, 2.45) is 5.92 Å². The van der Waals surface area contributed by atoms with Crippen LogP contribution in [0, 0.1) is 5.92 Å². The first-order valence-corrected chi connectivity index (χ1v) is 9.62. The van der Waals surface area contributed by atoms with Crippen LogP contribution in [-0.2, 0) is 9.59 Å². The van der Waals surface area contributed by atoms with Gasteiger partial charge in [-0.15, -0.1) is 8.78 Å². The molecule has 2 amide bonds. The van der Waals surface area contributed by atoms with Crippen LogP contribution in [0.1, 0.15) is 18.4 Å². The second-order valence-electron chi connectivity index (χ2n) is 7.16. The monoisotopic (exact) mass is 414 g/mol. The Bertz CT molecular complexity index is 970. The Morgan fingerprint density at radius 2 is 1.73 bits per heavy atom. The molecule has 0 atom stereocenters. The highest BCUT2D eigenvalue weighted by molar-refractivity contribution is 5.94. The minimum Gasteiger partial charge on any atom is -0.395 e. The van der Waals surface area contributed by atoms with Gasteiger partial charge in [-0.1, -0.05) is 30.3 Å². The molecule has 0 aromatic heterocycles. The van der Waals surface area contributed by atoms with E-state index in [-0.39, 0.29) is 29.2 Å². The van der Waals surface area contributed by atoms with Gasteiger partial charge in [-0.2, -0.15) is 0 Å².